The lowest BCUT2D eigenvalue weighted by Crippen LogP contribution is -2.48. The van der Waals surface area contributed by atoms with Crippen molar-refractivity contribution in [2.24, 2.45) is 0 Å². The van der Waals surface area contributed by atoms with Crippen LogP contribution in [0.4, 0.5) is 15.2 Å². The number of hydrogen-bond acceptors (Lipinski definition) is 7. The van der Waals surface area contributed by atoms with Crippen molar-refractivity contribution in [1.82, 2.24) is 15.2 Å². The Morgan fingerprint density at radius 3 is 2.34 bits per heavy atom. The second-order valence-electron chi connectivity index (χ2n) is 8.66. The molecule has 0 bridgehead atoms. The van der Waals surface area contributed by atoms with E-state index in [4.69, 9.17) is 0 Å². The topological polar surface area (TPSA) is 94.6 Å². The number of nitrogens with zero attached hydrogens (tertiary/aromatic N) is 3. The Balaban J connectivity index is 0.00000336. The summed E-state index contributed by atoms with van der Waals surface area (Å²) in [6.07, 6.45) is 0. The molecule has 2 N–H and O–H groups in total. The molecule has 4 aromatic rings. The monoisotopic (exact) mass is 575 g/mol. The van der Waals surface area contributed by atoms with Gasteiger partial charge in [0.05, 0.1) is 9.60 Å². The number of piperazine rings is 1. The Labute approximate surface area is 230 Å². The van der Waals surface area contributed by atoms with Gasteiger partial charge in [-0.25, -0.2) is 17.8 Å². The number of halogens is 2. The Morgan fingerprint density at radius 1 is 0.947 bits per heavy atom. The zero-order valence-corrected chi connectivity index (χ0v) is 22.8. The van der Waals surface area contributed by atoms with Crippen molar-refractivity contribution in [3.8, 4) is 0 Å². The lowest BCUT2D eigenvalue weighted by Gasteiger charge is -2.34. The Kier molecular flexibility index (Phi) is 8.83. The van der Waals surface area contributed by atoms with Gasteiger partial charge in [0.1, 0.15) is 11.3 Å². The Hall–Kier alpha value is -3.25. The molecular formula is C26H27ClFN5O3S2. The van der Waals surface area contributed by atoms with E-state index in [2.05, 4.69) is 24.8 Å². The van der Waals surface area contributed by atoms with Crippen LogP contribution in [0, 0.1) is 5.82 Å². The van der Waals surface area contributed by atoms with Crippen LogP contribution in [0.15, 0.2) is 77.7 Å². The largest absolute Gasteiger partial charge is 0.351 e. The normalized spacial score (nSPS) is 14.2. The molecule has 1 fully saturated rings. The second kappa shape index (κ2) is 12.1. The number of fused-ring (bicyclic) bond motifs is 1. The Bertz CT molecular complexity index is 1490. The van der Waals surface area contributed by atoms with Gasteiger partial charge in [0.15, 0.2) is 5.13 Å². The standard InChI is InChI=1S/C26H26FN5O3S2.ClH/c27-22-7-4-8-23-24(22)29-26(36-23)32-17-15-31(16-18-32)14-13-28-25(33)19-9-11-20(12-10-19)30-37(34,35)21-5-2-1-3-6-21;/h1-12,30H,13-18H2,(H,28,33);1H. The summed E-state index contributed by atoms with van der Waals surface area (Å²) in [5.74, 6) is -0.509. The number of amides is 1. The molecule has 1 aromatic heterocycles. The van der Waals surface area contributed by atoms with Gasteiger partial charge >= 0.3 is 0 Å². The number of sulfonamides is 1. The molecule has 1 saturated heterocycles. The van der Waals surface area contributed by atoms with Crippen molar-refractivity contribution in [2.45, 2.75) is 4.90 Å². The summed E-state index contributed by atoms with van der Waals surface area (Å²) in [5.41, 5.74) is 1.26. The first-order chi connectivity index (χ1) is 17.9. The second-order valence-corrected chi connectivity index (χ2v) is 11.4. The lowest BCUT2D eigenvalue weighted by molar-refractivity contribution is 0.0948. The average molecular weight is 576 g/mol. The van der Waals surface area contributed by atoms with Crippen molar-refractivity contribution >= 4 is 60.7 Å². The maximum atomic E-state index is 14.0. The van der Waals surface area contributed by atoms with E-state index < -0.39 is 10.0 Å². The van der Waals surface area contributed by atoms with Crippen LogP contribution in [-0.4, -0.2) is 63.5 Å². The van der Waals surface area contributed by atoms with Gasteiger partial charge < -0.3 is 10.2 Å². The third kappa shape index (κ3) is 6.41. The minimum atomic E-state index is -3.68. The van der Waals surface area contributed by atoms with Gasteiger partial charge in [-0.3, -0.25) is 14.4 Å². The number of hydrogen-bond donors (Lipinski definition) is 2. The summed E-state index contributed by atoms with van der Waals surface area (Å²) in [7, 11) is -3.68. The summed E-state index contributed by atoms with van der Waals surface area (Å²) in [6.45, 7) is 4.43. The molecule has 0 radical (unpaired) electrons. The third-order valence-corrected chi connectivity index (χ3v) is 8.65. The molecule has 1 aliphatic rings. The molecular weight excluding hydrogens is 549 g/mol. The highest BCUT2D eigenvalue weighted by Crippen LogP contribution is 2.30. The molecule has 38 heavy (non-hydrogen) atoms. The molecule has 2 heterocycles. The summed E-state index contributed by atoms with van der Waals surface area (Å²) >= 11 is 1.50. The quantitative estimate of drug-likeness (QED) is 0.327. The van der Waals surface area contributed by atoms with Crippen LogP contribution in [0.1, 0.15) is 10.4 Å². The highest BCUT2D eigenvalue weighted by molar-refractivity contribution is 7.92. The van der Waals surface area contributed by atoms with Gasteiger partial charge in [0.2, 0.25) is 0 Å². The zero-order chi connectivity index (χ0) is 25.8. The minimum absolute atomic E-state index is 0. The molecule has 0 aliphatic carbocycles. The molecule has 0 spiro atoms. The number of anilines is 2. The van der Waals surface area contributed by atoms with Gasteiger partial charge in [0, 0.05) is 50.5 Å². The Morgan fingerprint density at radius 2 is 1.66 bits per heavy atom. The molecule has 3 aromatic carbocycles. The fourth-order valence-electron chi connectivity index (χ4n) is 4.13. The number of para-hydroxylation sites is 1. The molecule has 200 valence electrons. The van der Waals surface area contributed by atoms with E-state index in [0.717, 1.165) is 36.0 Å². The molecule has 0 unspecified atom stereocenters. The maximum absolute atomic E-state index is 14.0. The predicted octanol–water partition coefficient (Wildman–Crippen LogP) is 4.21. The lowest BCUT2D eigenvalue weighted by atomic mass is 10.2. The highest BCUT2D eigenvalue weighted by Gasteiger charge is 2.21. The van der Waals surface area contributed by atoms with E-state index >= 15 is 0 Å². The summed E-state index contributed by atoms with van der Waals surface area (Å²) in [5, 5.41) is 3.76. The van der Waals surface area contributed by atoms with Crippen molar-refractivity contribution in [3.05, 3.63) is 84.2 Å². The van der Waals surface area contributed by atoms with Crippen LogP contribution in [0.25, 0.3) is 10.2 Å². The molecule has 12 heteroatoms. The summed E-state index contributed by atoms with van der Waals surface area (Å²) in [4.78, 5) is 21.6. The van der Waals surface area contributed by atoms with Gasteiger partial charge in [-0.15, -0.1) is 12.4 Å². The first kappa shape index (κ1) is 27.8. The van der Waals surface area contributed by atoms with Crippen molar-refractivity contribution < 1.29 is 17.6 Å². The van der Waals surface area contributed by atoms with Gasteiger partial charge in [-0.05, 0) is 48.5 Å². The summed E-state index contributed by atoms with van der Waals surface area (Å²) < 4.78 is 42.2. The van der Waals surface area contributed by atoms with Crippen LogP contribution >= 0.6 is 23.7 Å². The van der Waals surface area contributed by atoms with Crippen LogP contribution < -0.4 is 14.9 Å². The summed E-state index contributed by atoms with van der Waals surface area (Å²) in [6, 6.07) is 19.5. The minimum Gasteiger partial charge on any atom is -0.351 e. The first-order valence-electron chi connectivity index (χ1n) is 11.9. The third-order valence-electron chi connectivity index (χ3n) is 6.17. The SMILES string of the molecule is Cl.O=C(NCCN1CCN(c2nc3c(F)cccc3s2)CC1)c1ccc(NS(=O)(=O)c2ccccc2)cc1. The van der Waals surface area contributed by atoms with Crippen LogP contribution in [-0.2, 0) is 10.0 Å². The molecule has 0 saturated carbocycles. The number of thiazole rings is 1. The molecule has 1 aliphatic heterocycles. The number of carbonyl (C=O) groups excluding carboxylic acids is 1. The molecule has 0 atom stereocenters. The van der Waals surface area contributed by atoms with Crippen LogP contribution in [0.2, 0.25) is 0 Å². The van der Waals surface area contributed by atoms with E-state index in [-0.39, 0.29) is 29.0 Å². The van der Waals surface area contributed by atoms with Crippen LogP contribution in [0.3, 0.4) is 0 Å². The fourth-order valence-corrected chi connectivity index (χ4v) is 6.25. The number of aromatic nitrogens is 1. The predicted molar refractivity (Wildman–Crippen MR) is 152 cm³/mol. The molecule has 1 amide bonds. The van der Waals surface area contributed by atoms with E-state index in [0.29, 0.717) is 29.9 Å². The number of carbonyl (C=O) groups is 1. The van der Waals surface area contributed by atoms with Crippen LogP contribution in [0.5, 0.6) is 0 Å². The van der Waals surface area contributed by atoms with E-state index in [1.54, 1.807) is 48.5 Å². The van der Waals surface area contributed by atoms with Crippen molar-refractivity contribution in [1.29, 1.82) is 0 Å². The smallest absolute Gasteiger partial charge is 0.261 e. The zero-order valence-electron chi connectivity index (χ0n) is 20.3. The molecule has 5 rings (SSSR count). The first-order valence-corrected chi connectivity index (χ1v) is 14.2. The maximum Gasteiger partial charge on any atom is 0.261 e. The van der Waals surface area contributed by atoms with Crippen molar-refractivity contribution in [2.75, 3.05) is 48.9 Å². The number of rotatable bonds is 8. The average Bonchev–Trinajstić information content (AvgIpc) is 3.36. The number of nitrogens with one attached hydrogen (secondary N) is 2. The van der Waals surface area contributed by atoms with Crippen molar-refractivity contribution in [3.63, 3.8) is 0 Å². The van der Waals surface area contributed by atoms with Gasteiger partial charge in [-0.1, -0.05) is 35.6 Å². The number of benzene rings is 3. The molecule has 8 nitrogen and oxygen atoms in total. The highest BCUT2D eigenvalue weighted by atomic mass is 35.5. The van der Waals surface area contributed by atoms with Gasteiger partial charge in [-0.2, -0.15) is 0 Å². The fraction of sp³-hybridized carbons (Fsp3) is 0.231. The van der Waals surface area contributed by atoms with E-state index in [1.807, 2.05) is 6.07 Å². The van der Waals surface area contributed by atoms with Gasteiger partial charge in [0.25, 0.3) is 15.9 Å². The van der Waals surface area contributed by atoms with E-state index in [1.165, 1.54) is 29.5 Å². The van der Waals surface area contributed by atoms with E-state index in [9.17, 15) is 17.6 Å².